The average Bonchev–Trinajstić information content (AvgIpc) is 2.29. The molecule has 4 heteroatoms. The summed E-state index contributed by atoms with van der Waals surface area (Å²) < 4.78 is 4.50. The molecule has 0 spiro atoms. The van der Waals surface area contributed by atoms with Crippen LogP contribution in [-0.2, 0) is 14.3 Å². The van der Waals surface area contributed by atoms with Crippen molar-refractivity contribution in [2.24, 2.45) is 0 Å². The van der Waals surface area contributed by atoms with Gasteiger partial charge in [0.2, 0.25) is 0 Å². The summed E-state index contributed by atoms with van der Waals surface area (Å²) in [6.45, 7) is 0.716. The molecule has 0 radical (unpaired) electrons. The SMILES string of the molecule is COC(=O)/C=C/CN(C)C1CCC(=O)CC1. The molecule has 1 aliphatic rings. The van der Waals surface area contributed by atoms with Gasteiger partial charge >= 0.3 is 5.97 Å². The van der Waals surface area contributed by atoms with Crippen LogP contribution in [0, 0.1) is 0 Å². The van der Waals surface area contributed by atoms with Gasteiger partial charge in [-0.25, -0.2) is 4.79 Å². The lowest BCUT2D eigenvalue weighted by Gasteiger charge is -2.29. The molecule has 16 heavy (non-hydrogen) atoms. The molecular weight excluding hydrogens is 206 g/mol. The van der Waals surface area contributed by atoms with E-state index < -0.39 is 0 Å². The molecule has 90 valence electrons. The topological polar surface area (TPSA) is 46.6 Å². The first-order chi connectivity index (χ1) is 7.63. The van der Waals surface area contributed by atoms with Crippen LogP contribution in [0.15, 0.2) is 12.2 Å². The van der Waals surface area contributed by atoms with Gasteiger partial charge in [-0.2, -0.15) is 0 Å². The fraction of sp³-hybridized carbons (Fsp3) is 0.667. The van der Waals surface area contributed by atoms with Crippen molar-refractivity contribution in [1.29, 1.82) is 0 Å². The third-order valence-corrected chi connectivity index (χ3v) is 2.98. The van der Waals surface area contributed by atoms with Gasteiger partial charge in [0.25, 0.3) is 0 Å². The number of Topliss-reactive ketones (excluding diaryl/α,β-unsaturated/α-hetero) is 1. The summed E-state index contributed by atoms with van der Waals surface area (Å²) >= 11 is 0. The molecule has 1 rings (SSSR count). The van der Waals surface area contributed by atoms with Gasteiger partial charge in [0.05, 0.1) is 7.11 Å². The van der Waals surface area contributed by atoms with Gasteiger partial charge in [-0.3, -0.25) is 9.69 Å². The van der Waals surface area contributed by atoms with Crippen molar-refractivity contribution in [2.75, 3.05) is 20.7 Å². The van der Waals surface area contributed by atoms with Gasteiger partial charge in [-0.1, -0.05) is 6.08 Å². The molecule has 1 aliphatic carbocycles. The summed E-state index contributed by atoms with van der Waals surface area (Å²) in [5, 5.41) is 0. The number of esters is 1. The van der Waals surface area contributed by atoms with E-state index in [1.54, 1.807) is 6.08 Å². The maximum atomic E-state index is 11.1. The fourth-order valence-electron chi connectivity index (χ4n) is 1.90. The van der Waals surface area contributed by atoms with E-state index in [-0.39, 0.29) is 5.97 Å². The number of hydrogen-bond donors (Lipinski definition) is 0. The van der Waals surface area contributed by atoms with Crippen LogP contribution in [0.1, 0.15) is 25.7 Å². The standard InChI is InChI=1S/C12H19NO3/c1-13(9-3-4-12(15)16-2)10-5-7-11(14)8-6-10/h3-4,10H,5-9H2,1-2H3/b4-3+. The van der Waals surface area contributed by atoms with Gasteiger partial charge in [0.15, 0.2) is 0 Å². The average molecular weight is 225 g/mol. The highest BCUT2D eigenvalue weighted by Gasteiger charge is 2.21. The minimum absolute atomic E-state index is 0.327. The Morgan fingerprint density at radius 2 is 2.12 bits per heavy atom. The zero-order chi connectivity index (χ0) is 12.0. The molecule has 4 nitrogen and oxygen atoms in total. The number of carbonyl (C=O) groups excluding carboxylic acids is 2. The third kappa shape index (κ3) is 4.14. The summed E-state index contributed by atoms with van der Waals surface area (Å²) in [4.78, 5) is 24.1. The quantitative estimate of drug-likeness (QED) is 0.532. The Kier molecular flexibility index (Phi) is 5.19. The molecule has 0 aromatic rings. The first-order valence-electron chi connectivity index (χ1n) is 5.60. The summed E-state index contributed by atoms with van der Waals surface area (Å²) in [6.07, 6.45) is 6.47. The fourth-order valence-corrected chi connectivity index (χ4v) is 1.90. The van der Waals surface area contributed by atoms with Crippen LogP contribution >= 0.6 is 0 Å². The van der Waals surface area contributed by atoms with Crippen LogP contribution in [0.4, 0.5) is 0 Å². The van der Waals surface area contributed by atoms with Gasteiger partial charge in [0, 0.05) is 31.5 Å². The van der Waals surface area contributed by atoms with E-state index in [1.807, 2.05) is 7.05 Å². The van der Waals surface area contributed by atoms with Crippen LogP contribution in [0.25, 0.3) is 0 Å². The minimum atomic E-state index is -0.327. The van der Waals surface area contributed by atoms with Crippen LogP contribution in [0.5, 0.6) is 0 Å². The maximum Gasteiger partial charge on any atom is 0.330 e. The highest BCUT2D eigenvalue weighted by atomic mass is 16.5. The Balaban J connectivity index is 2.29. The van der Waals surface area contributed by atoms with E-state index in [0.29, 0.717) is 31.2 Å². The lowest BCUT2D eigenvalue weighted by Crippen LogP contribution is -2.35. The summed E-state index contributed by atoms with van der Waals surface area (Å²) in [5.41, 5.74) is 0. The van der Waals surface area contributed by atoms with Crippen molar-refractivity contribution in [3.63, 3.8) is 0 Å². The lowest BCUT2D eigenvalue weighted by atomic mass is 9.93. The number of carbonyl (C=O) groups is 2. The number of likely N-dealkylation sites (N-methyl/N-ethyl adjacent to an activating group) is 1. The number of nitrogens with zero attached hydrogens (tertiary/aromatic N) is 1. The second-order valence-electron chi connectivity index (χ2n) is 4.13. The third-order valence-electron chi connectivity index (χ3n) is 2.98. The van der Waals surface area contributed by atoms with Gasteiger partial charge < -0.3 is 4.74 Å². The number of hydrogen-bond acceptors (Lipinski definition) is 4. The zero-order valence-electron chi connectivity index (χ0n) is 9.94. The molecule has 1 fully saturated rings. The van der Waals surface area contributed by atoms with E-state index in [2.05, 4.69) is 9.64 Å². The molecule has 0 heterocycles. The van der Waals surface area contributed by atoms with E-state index in [9.17, 15) is 9.59 Å². The van der Waals surface area contributed by atoms with Crippen molar-refractivity contribution < 1.29 is 14.3 Å². The van der Waals surface area contributed by atoms with Crippen LogP contribution in [-0.4, -0.2) is 43.4 Å². The van der Waals surface area contributed by atoms with Crippen molar-refractivity contribution in [2.45, 2.75) is 31.7 Å². The number of ether oxygens (including phenoxy) is 1. The minimum Gasteiger partial charge on any atom is -0.466 e. The zero-order valence-corrected chi connectivity index (χ0v) is 9.94. The Labute approximate surface area is 96.3 Å². The van der Waals surface area contributed by atoms with Crippen molar-refractivity contribution >= 4 is 11.8 Å². The molecule has 0 bridgehead atoms. The monoisotopic (exact) mass is 225 g/mol. The lowest BCUT2D eigenvalue weighted by molar-refractivity contribution is -0.134. The smallest absolute Gasteiger partial charge is 0.330 e. The maximum absolute atomic E-state index is 11.1. The van der Waals surface area contributed by atoms with E-state index in [4.69, 9.17) is 0 Å². The van der Waals surface area contributed by atoms with Gasteiger partial charge in [-0.15, -0.1) is 0 Å². The van der Waals surface area contributed by atoms with Crippen LogP contribution in [0.3, 0.4) is 0 Å². The molecule has 0 N–H and O–H groups in total. The molecule has 0 saturated heterocycles. The van der Waals surface area contributed by atoms with E-state index >= 15 is 0 Å². The Morgan fingerprint density at radius 1 is 1.50 bits per heavy atom. The molecule has 0 aromatic heterocycles. The molecule has 0 aromatic carbocycles. The number of ketones is 1. The largest absolute Gasteiger partial charge is 0.466 e. The summed E-state index contributed by atoms with van der Waals surface area (Å²) in [5.74, 6) is 0.0435. The van der Waals surface area contributed by atoms with Gasteiger partial charge in [0.1, 0.15) is 5.78 Å². The first kappa shape index (κ1) is 12.9. The molecule has 0 aliphatic heterocycles. The Hall–Kier alpha value is -1.16. The van der Waals surface area contributed by atoms with Gasteiger partial charge in [-0.05, 0) is 19.9 Å². The van der Waals surface area contributed by atoms with Crippen LogP contribution in [0.2, 0.25) is 0 Å². The normalized spacial score (nSPS) is 18.3. The van der Waals surface area contributed by atoms with Crippen molar-refractivity contribution in [1.82, 2.24) is 4.90 Å². The van der Waals surface area contributed by atoms with E-state index in [1.165, 1.54) is 13.2 Å². The highest BCUT2D eigenvalue weighted by molar-refractivity contribution is 5.81. The summed E-state index contributed by atoms with van der Waals surface area (Å²) in [7, 11) is 3.38. The number of rotatable bonds is 4. The number of methoxy groups -OCH3 is 1. The first-order valence-corrected chi connectivity index (χ1v) is 5.60. The Bertz CT molecular complexity index is 276. The van der Waals surface area contributed by atoms with Crippen LogP contribution < -0.4 is 0 Å². The van der Waals surface area contributed by atoms with Crippen molar-refractivity contribution in [3.8, 4) is 0 Å². The second kappa shape index (κ2) is 6.43. The van der Waals surface area contributed by atoms with Crippen molar-refractivity contribution in [3.05, 3.63) is 12.2 Å². The van der Waals surface area contributed by atoms with E-state index in [0.717, 1.165) is 12.8 Å². The molecular formula is C12H19NO3. The predicted molar refractivity (Wildman–Crippen MR) is 61.0 cm³/mol. The predicted octanol–water partition coefficient (Wildman–Crippen LogP) is 1.16. The molecule has 1 saturated carbocycles. The summed E-state index contributed by atoms with van der Waals surface area (Å²) in [6, 6.07) is 0.458. The molecule has 0 atom stereocenters. The molecule has 0 amide bonds. The molecule has 0 unspecified atom stereocenters. The highest BCUT2D eigenvalue weighted by Crippen LogP contribution is 2.19. The second-order valence-corrected chi connectivity index (χ2v) is 4.13. The Morgan fingerprint density at radius 3 is 2.69 bits per heavy atom.